The number of anilines is 1. The molecule has 3 aromatic rings. The van der Waals surface area contributed by atoms with Crippen LogP contribution in [0.4, 0.5) is 14.9 Å². The maximum absolute atomic E-state index is 15.2. The minimum atomic E-state index is -5.63. The molecule has 2 aromatic carbocycles. The van der Waals surface area contributed by atoms with Crippen LogP contribution in [0.1, 0.15) is 30.0 Å². The fraction of sp³-hybridized carbons (Fsp3) is 0.385. The van der Waals surface area contributed by atoms with Crippen molar-refractivity contribution in [2.45, 2.75) is 37.0 Å². The first-order valence-corrected chi connectivity index (χ1v) is 16.5. The van der Waals surface area contributed by atoms with E-state index >= 15 is 4.39 Å². The average Bonchev–Trinajstić information content (AvgIpc) is 3.79. The second-order valence-electron chi connectivity index (χ2n) is 10.6. The van der Waals surface area contributed by atoms with Crippen molar-refractivity contribution in [1.29, 1.82) is 0 Å². The highest BCUT2D eigenvalue weighted by atomic mass is 31.2. The molecule has 1 aromatic heterocycles. The molecule has 1 saturated heterocycles. The number of amides is 1. The Bertz CT molecular complexity index is 1690. The summed E-state index contributed by atoms with van der Waals surface area (Å²) >= 11 is 0. The van der Waals surface area contributed by atoms with Crippen LogP contribution in [0.25, 0.3) is 10.9 Å². The molecule has 0 spiro atoms. The smallest absolute Gasteiger partial charge is 0.410 e. The van der Waals surface area contributed by atoms with Crippen LogP contribution in [0.2, 0.25) is 0 Å². The maximum atomic E-state index is 15.2. The van der Waals surface area contributed by atoms with E-state index in [0.717, 1.165) is 12.8 Å². The van der Waals surface area contributed by atoms with Crippen LogP contribution in [-0.2, 0) is 22.2 Å². The number of nitrogens with zero attached hydrogens (tertiary/aromatic N) is 3. The molecule has 43 heavy (non-hydrogen) atoms. The van der Waals surface area contributed by atoms with Gasteiger partial charge in [0.1, 0.15) is 11.6 Å². The minimum absolute atomic E-state index is 0.0281. The van der Waals surface area contributed by atoms with Crippen LogP contribution in [0.15, 0.2) is 47.4 Å². The molecular formula is C26H30FN3O11P2. The summed E-state index contributed by atoms with van der Waals surface area (Å²) in [6, 6.07) is 7.88. The lowest BCUT2D eigenvalue weighted by molar-refractivity contribution is 0.131. The van der Waals surface area contributed by atoms with Crippen LogP contribution < -0.4 is 15.1 Å². The molecule has 5 rings (SSSR count). The second-order valence-corrected chi connectivity index (χ2v) is 14.6. The van der Waals surface area contributed by atoms with Gasteiger partial charge < -0.3 is 48.9 Å². The van der Waals surface area contributed by atoms with Crippen LogP contribution in [0.5, 0.6) is 5.75 Å². The topological polar surface area (TPSA) is 210 Å². The van der Waals surface area contributed by atoms with Crippen molar-refractivity contribution >= 4 is 37.9 Å². The number of ether oxygens (including phenoxy) is 1. The zero-order valence-electron chi connectivity index (χ0n) is 22.6. The normalized spacial score (nSPS) is 16.5. The first-order chi connectivity index (χ1) is 20.1. The number of carbonyl (C=O) groups excluding carboxylic acids is 1. The van der Waals surface area contributed by atoms with Crippen molar-refractivity contribution < 1.29 is 52.8 Å². The quantitative estimate of drug-likeness (QED) is 0.195. The molecule has 232 valence electrons. The number of rotatable bonds is 8. The Labute approximate surface area is 243 Å². The Balaban J connectivity index is 1.25. The Morgan fingerprint density at radius 1 is 1.00 bits per heavy atom. The number of hydrogen-bond donors (Lipinski definition) is 6. The molecule has 0 unspecified atom stereocenters. The monoisotopic (exact) mass is 641 g/mol. The van der Waals surface area contributed by atoms with E-state index in [9.17, 15) is 48.5 Å². The van der Waals surface area contributed by atoms with Crippen molar-refractivity contribution in [2.24, 2.45) is 0 Å². The summed E-state index contributed by atoms with van der Waals surface area (Å²) < 4.78 is 45.7. The summed E-state index contributed by atoms with van der Waals surface area (Å²) in [5, 5.41) is 16.3. The van der Waals surface area contributed by atoms with Crippen molar-refractivity contribution in [1.82, 2.24) is 9.47 Å². The highest BCUT2D eigenvalue weighted by Gasteiger charge is 2.59. The molecule has 0 radical (unpaired) electrons. The Hall–Kier alpha value is -3.13. The van der Waals surface area contributed by atoms with Crippen LogP contribution in [0, 0.1) is 5.82 Å². The lowest BCUT2D eigenvalue weighted by Gasteiger charge is -2.35. The van der Waals surface area contributed by atoms with Gasteiger partial charge in [0.2, 0.25) is 0 Å². The zero-order chi connectivity index (χ0) is 31.3. The van der Waals surface area contributed by atoms with Crippen molar-refractivity contribution in [3.63, 3.8) is 0 Å². The summed E-state index contributed by atoms with van der Waals surface area (Å²) in [5.41, 5.74) is 0.620. The van der Waals surface area contributed by atoms with E-state index in [4.69, 9.17) is 4.74 Å². The number of carbonyl (C=O) groups is 1. The first kappa shape index (κ1) is 31.3. The van der Waals surface area contributed by atoms with Gasteiger partial charge in [-0.1, -0.05) is 12.1 Å². The van der Waals surface area contributed by atoms with E-state index in [1.165, 1.54) is 35.2 Å². The summed E-state index contributed by atoms with van der Waals surface area (Å²) in [6.07, 6.45) is 1.69. The molecular weight excluding hydrogens is 611 g/mol. The van der Waals surface area contributed by atoms with Gasteiger partial charge in [0.25, 0.3) is 5.08 Å². The molecule has 6 N–H and O–H groups in total. The summed E-state index contributed by atoms with van der Waals surface area (Å²) in [7, 11) is -11.3. The number of halogens is 1. The lowest BCUT2D eigenvalue weighted by atomic mass is 10.1. The molecule has 0 atom stereocenters. The predicted molar refractivity (Wildman–Crippen MR) is 151 cm³/mol. The molecule has 14 nitrogen and oxygen atoms in total. The third-order valence-corrected chi connectivity index (χ3v) is 11.4. The maximum Gasteiger partial charge on any atom is 0.415 e. The van der Waals surface area contributed by atoms with Crippen LogP contribution in [0.3, 0.4) is 0 Å². The van der Waals surface area contributed by atoms with E-state index < -0.39 is 50.6 Å². The van der Waals surface area contributed by atoms with Crippen LogP contribution in [-0.4, -0.2) is 76.6 Å². The third-order valence-electron chi connectivity index (χ3n) is 7.67. The fourth-order valence-electron chi connectivity index (χ4n) is 5.05. The molecule has 1 aliphatic carbocycles. The van der Waals surface area contributed by atoms with Gasteiger partial charge in [-0.25, -0.2) is 9.18 Å². The number of aromatic nitrogens is 1. The number of hydrogen-bond acceptors (Lipinski definition) is 8. The number of pyridine rings is 1. The van der Waals surface area contributed by atoms with E-state index in [1.54, 1.807) is 17.2 Å². The summed E-state index contributed by atoms with van der Waals surface area (Å²) in [4.78, 5) is 65.9. The van der Waals surface area contributed by atoms with Crippen molar-refractivity contribution in [3.8, 4) is 5.75 Å². The van der Waals surface area contributed by atoms with Gasteiger partial charge >= 0.3 is 21.3 Å². The van der Waals surface area contributed by atoms with Gasteiger partial charge in [-0.15, -0.1) is 0 Å². The largest absolute Gasteiger partial charge is 0.415 e. The van der Waals surface area contributed by atoms with Gasteiger partial charge in [0.15, 0.2) is 5.43 Å². The molecule has 1 saturated carbocycles. The van der Waals surface area contributed by atoms with Gasteiger partial charge in [-0.2, -0.15) is 0 Å². The molecule has 1 aliphatic heterocycles. The van der Waals surface area contributed by atoms with E-state index in [0.29, 0.717) is 5.52 Å². The predicted octanol–water partition coefficient (Wildman–Crippen LogP) is 1.83. The minimum Gasteiger partial charge on any atom is -0.410 e. The molecule has 2 heterocycles. The van der Waals surface area contributed by atoms with E-state index in [2.05, 4.69) is 0 Å². The van der Waals surface area contributed by atoms with Crippen LogP contribution >= 0.6 is 15.2 Å². The van der Waals surface area contributed by atoms with Gasteiger partial charge in [-0.05, 0) is 42.7 Å². The van der Waals surface area contributed by atoms with Crippen molar-refractivity contribution in [2.75, 3.05) is 31.1 Å². The lowest BCUT2D eigenvalue weighted by Crippen LogP contribution is -2.49. The first-order valence-electron chi connectivity index (χ1n) is 13.3. The highest BCUT2D eigenvalue weighted by Crippen LogP contribution is 2.68. The summed E-state index contributed by atoms with van der Waals surface area (Å²) in [5.74, 6) is -0.560. The average molecular weight is 641 g/mol. The molecule has 2 fully saturated rings. The number of aliphatic hydroxyl groups excluding tert-OH is 1. The zero-order valence-corrected chi connectivity index (χ0v) is 24.4. The number of piperazine rings is 1. The molecule has 2 aliphatic rings. The number of benzene rings is 2. The third kappa shape index (κ3) is 6.13. The SMILES string of the molecule is O=C(Oc1ccc(CC(O)(P(=O)(O)O)P(=O)(O)O)cc1)N1CCN(c2cc3c(cc2F)c(=O)c(CO)cn3C2CC2)CC1. The Kier molecular flexibility index (Phi) is 8.31. The standard InChI is InChI=1S/C26H30FN3O11P2/c27-21-11-20-22(30(18-3-4-18)14-17(15-31)24(20)32)12-23(21)28-7-9-29(10-8-28)25(33)41-19-5-1-16(2-6-19)13-26(34,42(35,36)37)43(38,39)40/h1-2,5-6,11-12,14,18,31,34H,3-4,7-10,13,15H2,(H2,35,36,37)(H2,38,39,40). The van der Waals surface area contributed by atoms with Crippen molar-refractivity contribution in [3.05, 3.63) is 69.8 Å². The van der Waals surface area contributed by atoms with E-state index in [-0.39, 0.29) is 60.2 Å². The second kappa shape index (κ2) is 11.4. The molecule has 17 heteroatoms. The van der Waals surface area contributed by atoms with E-state index in [1.807, 2.05) is 4.57 Å². The number of aliphatic hydroxyl groups is 2. The van der Waals surface area contributed by atoms with Gasteiger partial charge in [-0.3, -0.25) is 13.9 Å². The molecule has 0 bridgehead atoms. The Morgan fingerprint density at radius 2 is 1.60 bits per heavy atom. The summed E-state index contributed by atoms with van der Waals surface area (Å²) in [6.45, 7) is 0.462. The highest BCUT2D eigenvalue weighted by molar-refractivity contribution is 7.72. The number of fused-ring (bicyclic) bond motifs is 1. The van der Waals surface area contributed by atoms with Gasteiger partial charge in [0, 0.05) is 55.8 Å². The Morgan fingerprint density at radius 3 is 2.14 bits per heavy atom. The molecule has 1 amide bonds. The fourth-order valence-corrected chi connectivity index (χ4v) is 7.18. The van der Waals surface area contributed by atoms with Gasteiger partial charge in [0.05, 0.1) is 17.8 Å².